The highest BCUT2D eigenvalue weighted by molar-refractivity contribution is 5.66. The Labute approximate surface area is 146 Å². The number of unbranched alkanes of at least 4 members (excludes halogenated alkanes) is 6. The van der Waals surface area contributed by atoms with Crippen LogP contribution in [0, 0.1) is 0 Å². The molecule has 0 radical (unpaired) electrons. The third-order valence-electron chi connectivity index (χ3n) is 3.75. The summed E-state index contributed by atoms with van der Waals surface area (Å²) >= 11 is 0. The van der Waals surface area contributed by atoms with E-state index in [1.54, 1.807) is 0 Å². The van der Waals surface area contributed by atoms with E-state index in [1.807, 2.05) is 18.2 Å². The first-order valence-electron chi connectivity index (χ1n) is 9.21. The number of carboxylic acid groups (broad SMARTS) is 1. The number of allylic oxidation sites excluding steroid dienone is 5. The molecule has 2 N–H and O–H groups in total. The molecule has 0 aliphatic rings. The zero-order valence-electron chi connectivity index (χ0n) is 15.0. The van der Waals surface area contributed by atoms with Crippen molar-refractivity contribution in [1.29, 1.82) is 0 Å². The average molecular weight is 338 g/mol. The van der Waals surface area contributed by atoms with Crippen LogP contribution in [0.15, 0.2) is 36.5 Å². The maximum absolute atomic E-state index is 10.4. The molecule has 0 fully saturated rings. The summed E-state index contributed by atoms with van der Waals surface area (Å²) in [6, 6.07) is 0. The molecular formula is C20H34O4. The van der Waals surface area contributed by atoms with Crippen LogP contribution in [0.5, 0.6) is 0 Å². The van der Waals surface area contributed by atoms with Crippen LogP contribution in [0.25, 0.3) is 0 Å². The van der Waals surface area contributed by atoms with Crippen molar-refractivity contribution in [2.24, 2.45) is 0 Å². The Morgan fingerprint density at radius 2 is 1.79 bits per heavy atom. The molecule has 0 rings (SSSR count). The van der Waals surface area contributed by atoms with Gasteiger partial charge < -0.3 is 5.11 Å². The van der Waals surface area contributed by atoms with Gasteiger partial charge in [-0.1, -0.05) is 75.5 Å². The summed E-state index contributed by atoms with van der Waals surface area (Å²) in [4.78, 5) is 14.8. The van der Waals surface area contributed by atoms with Crippen LogP contribution >= 0.6 is 0 Å². The second-order valence-electron chi connectivity index (χ2n) is 6.01. The van der Waals surface area contributed by atoms with Crippen molar-refractivity contribution in [3.05, 3.63) is 36.5 Å². The number of aliphatic carboxylic acids is 1. The molecule has 0 aliphatic heterocycles. The minimum absolute atomic E-state index is 0.234. The van der Waals surface area contributed by atoms with Crippen molar-refractivity contribution in [2.45, 2.75) is 83.7 Å². The van der Waals surface area contributed by atoms with Gasteiger partial charge in [0.1, 0.15) is 6.10 Å². The Balaban J connectivity index is 3.68. The summed E-state index contributed by atoms with van der Waals surface area (Å²) < 4.78 is 0. The summed E-state index contributed by atoms with van der Waals surface area (Å²) in [6.07, 6.45) is 22.3. The molecule has 4 heteroatoms. The first-order chi connectivity index (χ1) is 11.7. The van der Waals surface area contributed by atoms with Gasteiger partial charge in [-0.05, 0) is 32.1 Å². The van der Waals surface area contributed by atoms with Gasteiger partial charge in [-0.15, -0.1) is 0 Å². The number of carboxylic acids is 1. The van der Waals surface area contributed by atoms with E-state index in [2.05, 4.69) is 30.0 Å². The Hall–Kier alpha value is -1.39. The predicted molar refractivity (Wildman–Crippen MR) is 99.0 cm³/mol. The third-order valence-corrected chi connectivity index (χ3v) is 3.75. The first-order valence-corrected chi connectivity index (χ1v) is 9.21. The second kappa shape index (κ2) is 18.0. The molecule has 0 spiro atoms. The van der Waals surface area contributed by atoms with Gasteiger partial charge in [0.25, 0.3) is 0 Å². The fourth-order valence-electron chi connectivity index (χ4n) is 2.31. The lowest BCUT2D eigenvalue weighted by molar-refractivity contribution is -0.267. The molecule has 0 aromatic heterocycles. The number of hydrogen-bond donors (Lipinski definition) is 2. The van der Waals surface area contributed by atoms with E-state index < -0.39 is 5.97 Å². The standard InChI is InChI=1S/C20H34O4/c1-2-3-4-5-6-7-8-9-10-13-16-19(24-23)17-14-11-12-15-18-20(21)22/h6-7,9-10,13,16,19,23H,2-5,8,11-12,14-15,17-18H2,1H3,(H,21,22)/b7-6+,10-9+,16-13+. The van der Waals surface area contributed by atoms with E-state index in [0.29, 0.717) is 6.42 Å². The van der Waals surface area contributed by atoms with Crippen molar-refractivity contribution in [3.8, 4) is 0 Å². The van der Waals surface area contributed by atoms with Crippen LogP contribution in [0.1, 0.15) is 77.6 Å². The lowest BCUT2D eigenvalue weighted by Crippen LogP contribution is -2.06. The van der Waals surface area contributed by atoms with E-state index in [9.17, 15) is 4.79 Å². The normalized spacial score (nSPS) is 13.4. The van der Waals surface area contributed by atoms with Crippen LogP contribution in [0.4, 0.5) is 0 Å². The van der Waals surface area contributed by atoms with Gasteiger partial charge in [-0.25, -0.2) is 4.89 Å². The van der Waals surface area contributed by atoms with Crippen LogP contribution in [-0.4, -0.2) is 22.4 Å². The molecule has 0 bridgehead atoms. The Morgan fingerprint density at radius 1 is 1.00 bits per heavy atom. The van der Waals surface area contributed by atoms with E-state index in [0.717, 1.165) is 38.5 Å². The molecule has 0 heterocycles. The van der Waals surface area contributed by atoms with Crippen molar-refractivity contribution < 1.29 is 20.0 Å². The summed E-state index contributed by atoms with van der Waals surface area (Å²) in [5.41, 5.74) is 0. The predicted octanol–water partition coefficient (Wildman–Crippen LogP) is 5.91. The van der Waals surface area contributed by atoms with Gasteiger partial charge in [-0.3, -0.25) is 10.1 Å². The molecule has 0 aromatic rings. The van der Waals surface area contributed by atoms with E-state index in [4.69, 9.17) is 10.4 Å². The van der Waals surface area contributed by atoms with Crippen LogP contribution in [0.2, 0.25) is 0 Å². The molecule has 0 amide bonds. The van der Waals surface area contributed by atoms with E-state index in [1.165, 1.54) is 19.3 Å². The minimum atomic E-state index is -0.739. The summed E-state index contributed by atoms with van der Waals surface area (Å²) in [7, 11) is 0. The zero-order chi connectivity index (χ0) is 17.9. The molecule has 0 aromatic carbocycles. The SMILES string of the molecule is CCCCC/C=C/C/C=C/C=C/C(CCCCCCC(=O)O)OO. The largest absolute Gasteiger partial charge is 0.481 e. The van der Waals surface area contributed by atoms with Gasteiger partial charge >= 0.3 is 5.97 Å². The number of carbonyl (C=O) groups is 1. The minimum Gasteiger partial charge on any atom is -0.481 e. The topological polar surface area (TPSA) is 66.8 Å². The maximum Gasteiger partial charge on any atom is 0.303 e. The molecule has 1 atom stereocenters. The van der Waals surface area contributed by atoms with Crippen LogP contribution in [-0.2, 0) is 9.68 Å². The van der Waals surface area contributed by atoms with Crippen LogP contribution in [0.3, 0.4) is 0 Å². The highest BCUT2D eigenvalue weighted by Crippen LogP contribution is 2.10. The highest BCUT2D eigenvalue weighted by atomic mass is 17.1. The monoisotopic (exact) mass is 338 g/mol. The number of rotatable bonds is 16. The smallest absolute Gasteiger partial charge is 0.303 e. The van der Waals surface area contributed by atoms with E-state index in [-0.39, 0.29) is 12.5 Å². The van der Waals surface area contributed by atoms with Crippen molar-refractivity contribution >= 4 is 5.97 Å². The molecule has 0 saturated heterocycles. The van der Waals surface area contributed by atoms with Crippen molar-refractivity contribution in [1.82, 2.24) is 0 Å². The van der Waals surface area contributed by atoms with Gasteiger partial charge in [0.2, 0.25) is 0 Å². The number of hydrogen-bond acceptors (Lipinski definition) is 3. The summed E-state index contributed by atoms with van der Waals surface area (Å²) in [5.74, 6) is -0.739. The molecule has 138 valence electrons. The molecule has 0 saturated carbocycles. The summed E-state index contributed by atoms with van der Waals surface area (Å²) in [5, 5.41) is 17.4. The highest BCUT2D eigenvalue weighted by Gasteiger charge is 2.04. The summed E-state index contributed by atoms with van der Waals surface area (Å²) in [6.45, 7) is 2.21. The van der Waals surface area contributed by atoms with Crippen molar-refractivity contribution in [3.63, 3.8) is 0 Å². The Bertz CT molecular complexity index is 372. The maximum atomic E-state index is 10.4. The first kappa shape index (κ1) is 22.6. The molecule has 0 aliphatic carbocycles. The van der Waals surface area contributed by atoms with Crippen LogP contribution < -0.4 is 0 Å². The van der Waals surface area contributed by atoms with E-state index >= 15 is 0 Å². The molecule has 24 heavy (non-hydrogen) atoms. The Kier molecular flexibility index (Phi) is 16.9. The molecule has 4 nitrogen and oxygen atoms in total. The van der Waals surface area contributed by atoms with Gasteiger partial charge in [-0.2, -0.15) is 0 Å². The molecule has 1 unspecified atom stereocenters. The second-order valence-corrected chi connectivity index (χ2v) is 6.01. The van der Waals surface area contributed by atoms with Gasteiger partial charge in [0.15, 0.2) is 0 Å². The fraction of sp³-hybridized carbons (Fsp3) is 0.650. The fourth-order valence-corrected chi connectivity index (χ4v) is 2.31. The Morgan fingerprint density at radius 3 is 2.50 bits per heavy atom. The van der Waals surface area contributed by atoms with Gasteiger partial charge in [0, 0.05) is 6.42 Å². The quantitative estimate of drug-likeness (QED) is 0.121. The lowest BCUT2D eigenvalue weighted by Gasteiger charge is -2.07. The van der Waals surface area contributed by atoms with Crippen molar-refractivity contribution in [2.75, 3.05) is 0 Å². The average Bonchev–Trinajstić information content (AvgIpc) is 2.57. The molecular weight excluding hydrogens is 304 g/mol. The third kappa shape index (κ3) is 17.0. The zero-order valence-corrected chi connectivity index (χ0v) is 15.0. The van der Waals surface area contributed by atoms with Gasteiger partial charge in [0.05, 0.1) is 0 Å². The lowest BCUT2D eigenvalue weighted by atomic mass is 10.1.